The summed E-state index contributed by atoms with van der Waals surface area (Å²) in [4.78, 5) is 22.3. The Labute approximate surface area is 66.6 Å². The molecule has 0 amide bonds. The lowest BCUT2D eigenvalue weighted by atomic mass is 10.3. The Bertz CT molecular complexity index is 357. The first kappa shape index (κ1) is 8.41. The highest BCUT2D eigenvalue weighted by molar-refractivity contribution is 5.29. The summed E-state index contributed by atoms with van der Waals surface area (Å²) in [6.45, 7) is -0.336. The van der Waals surface area contributed by atoms with Crippen molar-refractivity contribution in [3.05, 3.63) is 38.3 Å². The molecule has 0 fully saturated rings. The van der Waals surface area contributed by atoms with Crippen LogP contribution in [0.25, 0.3) is 0 Å². The molecule has 12 heavy (non-hydrogen) atoms. The molecule has 0 aromatic carbocycles. The molecule has 6 heteroatoms. The number of hydrogen-bond donors (Lipinski definition) is 2. The van der Waals surface area contributed by atoms with Gasteiger partial charge in [0.1, 0.15) is 0 Å². The summed E-state index contributed by atoms with van der Waals surface area (Å²) in [5.74, 6) is 0. The van der Waals surface area contributed by atoms with Gasteiger partial charge in [-0.05, 0) is 0 Å². The lowest BCUT2D eigenvalue weighted by Crippen LogP contribution is -2.11. The molecular weight excluding hydrogens is 164 g/mol. The maximum Gasteiger partial charge on any atom is 0.334 e. The second kappa shape index (κ2) is 3.14. The summed E-state index contributed by atoms with van der Waals surface area (Å²) in [5, 5.41) is 18.8. The van der Waals surface area contributed by atoms with Gasteiger partial charge < -0.3 is 10.1 Å². The average Bonchev–Trinajstić information content (AvgIpc) is 2.05. The number of aliphatic hydroxyl groups excluding tert-OH is 1. The topological polar surface area (TPSA) is 96.2 Å². The van der Waals surface area contributed by atoms with Crippen molar-refractivity contribution >= 4 is 5.69 Å². The van der Waals surface area contributed by atoms with Gasteiger partial charge in [0.15, 0.2) is 0 Å². The summed E-state index contributed by atoms with van der Waals surface area (Å²) in [5.41, 5.74) is -1.01. The Morgan fingerprint density at radius 2 is 2.33 bits per heavy atom. The first-order valence-electron chi connectivity index (χ1n) is 3.12. The van der Waals surface area contributed by atoms with Crippen molar-refractivity contribution in [1.82, 2.24) is 4.98 Å². The standard InChI is InChI=1S/C6H6N2O4/c9-3-4-1-5(8(11)12)6(10)7-2-4/h1-2,9H,3H2,(H,7,10). The van der Waals surface area contributed by atoms with Gasteiger partial charge in [-0.15, -0.1) is 0 Å². The van der Waals surface area contributed by atoms with E-state index in [4.69, 9.17) is 5.11 Å². The van der Waals surface area contributed by atoms with Crippen LogP contribution >= 0.6 is 0 Å². The Morgan fingerprint density at radius 1 is 1.67 bits per heavy atom. The Kier molecular flexibility index (Phi) is 2.20. The monoisotopic (exact) mass is 170 g/mol. The van der Waals surface area contributed by atoms with Gasteiger partial charge in [0.2, 0.25) is 0 Å². The van der Waals surface area contributed by atoms with Crippen LogP contribution in [0, 0.1) is 10.1 Å². The van der Waals surface area contributed by atoms with E-state index in [1.54, 1.807) is 0 Å². The molecule has 0 atom stereocenters. The van der Waals surface area contributed by atoms with Gasteiger partial charge in [-0.3, -0.25) is 14.9 Å². The van der Waals surface area contributed by atoms with E-state index in [1.807, 2.05) is 0 Å². The number of pyridine rings is 1. The third kappa shape index (κ3) is 1.48. The fourth-order valence-electron chi connectivity index (χ4n) is 0.742. The zero-order valence-electron chi connectivity index (χ0n) is 5.98. The molecule has 0 unspecified atom stereocenters. The van der Waals surface area contributed by atoms with Crippen molar-refractivity contribution in [2.75, 3.05) is 0 Å². The number of nitrogens with one attached hydrogen (secondary N) is 1. The Hall–Kier alpha value is -1.69. The molecule has 0 aliphatic heterocycles. The molecular formula is C6H6N2O4. The number of aromatic amines is 1. The molecule has 1 rings (SSSR count). The minimum absolute atomic E-state index is 0.307. The van der Waals surface area contributed by atoms with Crippen molar-refractivity contribution in [3.63, 3.8) is 0 Å². The second-order valence-electron chi connectivity index (χ2n) is 2.14. The minimum atomic E-state index is -0.794. The first-order chi connectivity index (χ1) is 5.65. The number of rotatable bonds is 2. The largest absolute Gasteiger partial charge is 0.392 e. The predicted molar refractivity (Wildman–Crippen MR) is 39.6 cm³/mol. The zero-order valence-corrected chi connectivity index (χ0v) is 5.98. The normalized spacial score (nSPS) is 9.75. The molecule has 1 aromatic heterocycles. The van der Waals surface area contributed by atoms with Gasteiger partial charge in [0.05, 0.1) is 11.5 Å². The highest BCUT2D eigenvalue weighted by Gasteiger charge is 2.11. The smallest absolute Gasteiger partial charge is 0.334 e. The molecule has 2 N–H and O–H groups in total. The third-order valence-electron chi connectivity index (χ3n) is 1.32. The zero-order chi connectivity index (χ0) is 9.14. The van der Waals surface area contributed by atoms with Gasteiger partial charge in [0, 0.05) is 17.8 Å². The van der Waals surface area contributed by atoms with Crippen LogP contribution in [0.4, 0.5) is 5.69 Å². The number of aliphatic hydroxyl groups is 1. The van der Waals surface area contributed by atoms with E-state index in [2.05, 4.69) is 4.98 Å². The van der Waals surface area contributed by atoms with Crippen LogP contribution in [-0.2, 0) is 6.61 Å². The van der Waals surface area contributed by atoms with E-state index in [1.165, 1.54) is 6.20 Å². The van der Waals surface area contributed by atoms with Crippen LogP contribution in [0.3, 0.4) is 0 Å². The van der Waals surface area contributed by atoms with Crippen LogP contribution in [-0.4, -0.2) is 15.0 Å². The molecule has 1 heterocycles. The van der Waals surface area contributed by atoms with E-state index in [0.29, 0.717) is 5.56 Å². The van der Waals surface area contributed by atoms with Gasteiger partial charge >= 0.3 is 11.2 Å². The van der Waals surface area contributed by atoms with Crippen LogP contribution in [0.2, 0.25) is 0 Å². The summed E-state index contributed by atoms with van der Waals surface area (Å²) in [7, 11) is 0. The van der Waals surface area contributed by atoms with Crippen molar-refractivity contribution in [2.45, 2.75) is 6.61 Å². The minimum Gasteiger partial charge on any atom is -0.392 e. The van der Waals surface area contributed by atoms with Gasteiger partial charge in [-0.25, -0.2) is 0 Å². The van der Waals surface area contributed by atoms with E-state index in [0.717, 1.165) is 6.07 Å². The van der Waals surface area contributed by atoms with Crippen molar-refractivity contribution in [2.24, 2.45) is 0 Å². The molecule has 0 saturated carbocycles. The molecule has 0 aliphatic rings. The van der Waals surface area contributed by atoms with Crippen LogP contribution < -0.4 is 5.56 Å². The van der Waals surface area contributed by atoms with E-state index in [-0.39, 0.29) is 6.61 Å². The highest BCUT2D eigenvalue weighted by atomic mass is 16.6. The fourth-order valence-corrected chi connectivity index (χ4v) is 0.742. The van der Waals surface area contributed by atoms with Crippen LogP contribution in [0.15, 0.2) is 17.1 Å². The van der Waals surface area contributed by atoms with Crippen LogP contribution in [0.1, 0.15) is 5.56 Å². The SMILES string of the molecule is O=c1[nH]cc(CO)cc1[N+](=O)[O-]. The van der Waals surface area contributed by atoms with E-state index in [9.17, 15) is 14.9 Å². The first-order valence-corrected chi connectivity index (χ1v) is 3.12. The number of H-pyrrole nitrogens is 1. The number of nitro groups is 1. The molecule has 6 nitrogen and oxygen atoms in total. The molecule has 0 radical (unpaired) electrons. The third-order valence-corrected chi connectivity index (χ3v) is 1.32. The highest BCUT2D eigenvalue weighted by Crippen LogP contribution is 2.05. The Morgan fingerprint density at radius 3 is 2.83 bits per heavy atom. The summed E-state index contributed by atoms with van der Waals surface area (Å²) in [6.07, 6.45) is 1.23. The number of nitrogens with zero attached hydrogens (tertiary/aromatic N) is 1. The van der Waals surface area contributed by atoms with Crippen molar-refractivity contribution in [3.8, 4) is 0 Å². The maximum atomic E-state index is 10.7. The average molecular weight is 170 g/mol. The molecule has 64 valence electrons. The predicted octanol–water partition coefficient (Wildman–Crippen LogP) is -0.225. The van der Waals surface area contributed by atoms with Crippen molar-refractivity contribution < 1.29 is 10.0 Å². The molecule has 0 spiro atoms. The van der Waals surface area contributed by atoms with E-state index < -0.39 is 16.2 Å². The van der Waals surface area contributed by atoms with Crippen LogP contribution in [0.5, 0.6) is 0 Å². The quantitative estimate of drug-likeness (QED) is 0.473. The number of aromatic nitrogens is 1. The Balaban J connectivity index is 3.26. The summed E-state index contributed by atoms with van der Waals surface area (Å²) in [6, 6.07) is 1.04. The lowest BCUT2D eigenvalue weighted by Gasteiger charge is -1.93. The lowest BCUT2D eigenvalue weighted by molar-refractivity contribution is -0.386. The van der Waals surface area contributed by atoms with Gasteiger partial charge in [0.25, 0.3) is 0 Å². The van der Waals surface area contributed by atoms with Gasteiger partial charge in [-0.1, -0.05) is 0 Å². The van der Waals surface area contributed by atoms with E-state index >= 15 is 0 Å². The summed E-state index contributed by atoms with van der Waals surface area (Å²) >= 11 is 0. The molecule has 0 saturated heterocycles. The molecule has 1 aromatic rings. The van der Waals surface area contributed by atoms with Gasteiger partial charge in [-0.2, -0.15) is 0 Å². The maximum absolute atomic E-state index is 10.7. The molecule has 0 bridgehead atoms. The fraction of sp³-hybridized carbons (Fsp3) is 0.167. The van der Waals surface area contributed by atoms with Crippen molar-refractivity contribution in [1.29, 1.82) is 0 Å². The summed E-state index contributed by atoms with van der Waals surface area (Å²) < 4.78 is 0. The second-order valence-corrected chi connectivity index (χ2v) is 2.14. The number of hydrogen-bond acceptors (Lipinski definition) is 4. The molecule has 0 aliphatic carbocycles.